The van der Waals surface area contributed by atoms with Gasteiger partial charge in [0.1, 0.15) is 13.6 Å². The van der Waals surface area contributed by atoms with E-state index < -0.39 is 0 Å². The first-order chi connectivity index (χ1) is 11.7. The molecule has 1 rings (SSSR count). The molecule has 1 saturated heterocycles. The van der Waals surface area contributed by atoms with Crippen molar-refractivity contribution in [3.63, 3.8) is 0 Å². The molecule has 0 aromatic heterocycles. The largest absolute Gasteiger partial charge is 0.307 e. The van der Waals surface area contributed by atoms with Gasteiger partial charge < -0.3 is 9.59 Å². The Morgan fingerprint density at radius 3 is 1.56 bits per heavy atom. The van der Waals surface area contributed by atoms with Gasteiger partial charge in [0.2, 0.25) is 0 Å². The van der Waals surface area contributed by atoms with E-state index in [2.05, 4.69) is 24.3 Å². The van der Waals surface area contributed by atoms with Gasteiger partial charge in [0.15, 0.2) is 0 Å². The van der Waals surface area contributed by atoms with Crippen LogP contribution in [0.3, 0.4) is 0 Å². The van der Waals surface area contributed by atoms with Gasteiger partial charge in [-0.1, -0.05) is 15.2 Å². The van der Waals surface area contributed by atoms with Gasteiger partial charge >= 0.3 is 0 Å². The molecule has 1 heterocycles. The average Bonchev–Trinajstić information content (AvgIpc) is 2.63. The Labute approximate surface area is 162 Å². The van der Waals surface area contributed by atoms with Gasteiger partial charge in [0.25, 0.3) is 0 Å². The van der Waals surface area contributed by atoms with Crippen molar-refractivity contribution in [2.45, 2.75) is 43.7 Å². The predicted molar refractivity (Wildman–Crippen MR) is 95.6 cm³/mol. The molecule has 0 spiro atoms. The quantitative estimate of drug-likeness (QED) is 0.433. The van der Waals surface area contributed by atoms with Crippen molar-refractivity contribution >= 4 is 28.8 Å². The number of carbonyl (C=O) groups is 2. The number of hydrogen-bond donors (Lipinski definition) is 0. The van der Waals surface area contributed by atoms with Gasteiger partial charge in [-0.15, -0.1) is 0 Å². The topological polar surface area (TPSA) is 129 Å². The second kappa shape index (κ2) is 19.0. The number of rotatable bonds is 8. The smallest absolute Gasteiger partial charge is 0.106 e. The van der Waals surface area contributed by atoms with Crippen LogP contribution in [0.2, 0.25) is 0 Å². The molecule has 0 amide bonds. The summed E-state index contributed by atoms with van der Waals surface area (Å²) in [6.07, 6.45) is 6.99. The summed E-state index contributed by atoms with van der Waals surface area (Å²) in [6, 6.07) is 8.88. The molecule has 138 valence electrons. The number of nitriles is 4. The summed E-state index contributed by atoms with van der Waals surface area (Å²) in [4.78, 5) is 16.0. The Hall–Kier alpha value is -1.35. The first kappa shape index (κ1) is 28.5. The fraction of sp³-hybridized carbons (Fsp3) is 0.625. The summed E-state index contributed by atoms with van der Waals surface area (Å²) in [5.74, 6) is 0. The third-order valence-corrected chi connectivity index (χ3v) is 13.6. The van der Waals surface area contributed by atoms with E-state index in [1.165, 1.54) is 0 Å². The van der Waals surface area contributed by atoms with Crippen molar-refractivity contribution < 1.29 is 26.1 Å². The molecule has 0 aromatic carbocycles. The Morgan fingerprint density at radius 1 is 0.760 bits per heavy atom. The molecule has 1 aliphatic heterocycles. The van der Waals surface area contributed by atoms with Crippen molar-refractivity contribution in [2.75, 3.05) is 18.5 Å². The van der Waals surface area contributed by atoms with Crippen LogP contribution in [0, 0.1) is 45.3 Å². The minimum atomic E-state index is -0.261. The summed E-state index contributed by atoms with van der Waals surface area (Å²) in [6.45, 7) is 4.00. The second-order valence-electron chi connectivity index (χ2n) is 4.87. The summed E-state index contributed by atoms with van der Waals surface area (Å²) in [7, 11) is -0.388. The molecule has 2 atom stereocenters. The third-order valence-electron chi connectivity index (χ3n) is 3.69. The predicted octanol–water partition coefficient (Wildman–Crippen LogP) is 3.68. The maximum absolute atomic E-state index is 8.85. The molecule has 0 aliphatic carbocycles. The summed E-state index contributed by atoms with van der Waals surface area (Å²) < 4.78 is 0. The van der Waals surface area contributed by atoms with Crippen LogP contribution in [0.25, 0.3) is 0 Å². The molecule has 1 fully saturated rings. The van der Waals surface area contributed by atoms with Crippen LogP contribution in [0.15, 0.2) is 0 Å². The molecule has 0 radical (unpaired) electrons. The SMILES string of the molecule is C=O.C=O.N#CCCP1CC(CCC#N)(CCC#N)P1CCC#N.[Ni]. The Balaban J connectivity index is -0.000000899. The van der Waals surface area contributed by atoms with E-state index in [1.54, 1.807) is 0 Å². The van der Waals surface area contributed by atoms with E-state index in [-0.39, 0.29) is 36.9 Å². The van der Waals surface area contributed by atoms with Crippen LogP contribution < -0.4 is 0 Å². The van der Waals surface area contributed by atoms with Gasteiger partial charge in [-0.05, 0) is 31.3 Å². The normalized spacial score (nSPS) is 18.4. The Kier molecular flexibility index (Phi) is 21.6. The van der Waals surface area contributed by atoms with Crippen LogP contribution in [0.4, 0.5) is 0 Å². The first-order valence-corrected chi connectivity index (χ1v) is 11.3. The van der Waals surface area contributed by atoms with Crippen LogP contribution in [-0.2, 0) is 26.1 Å². The summed E-state index contributed by atoms with van der Waals surface area (Å²) >= 11 is 0. The number of hydrogen-bond acceptors (Lipinski definition) is 6. The van der Waals surface area contributed by atoms with E-state index in [0.29, 0.717) is 25.7 Å². The monoisotopic (exact) mass is 422 g/mol. The second-order valence-corrected chi connectivity index (χ2v) is 12.0. The molecule has 6 nitrogen and oxygen atoms in total. The number of nitrogens with zero attached hydrogens (tertiary/aromatic N) is 4. The minimum Gasteiger partial charge on any atom is -0.307 e. The molecule has 2 unspecified atom stereocenters. The maximum Gasteiger partial charge on any atom is 0.106 e. The Bertz CT molecular complexity index is 502. The fourth-order valence-electron chi connectivity index (χ4n) is 2.76. The zero-order valence-electron chi connectivity index (χ0n) is 14.1. The van der Waals surface area contributed by atoms with Crippen LogP contribution in [0.1, 0.15) is 38.5 Å². The molecule has 25 heavy (non-hydrogen) atoms. The molecule has 0 bridgehead atoms. The summed E-state index contributed by atoms with van der Waals surface area (Å²) in [5, 5.41) is 35.4. The zero-order chi connectivity index (χ0) is 18.8. The van der Waals surface area contributed by atoms with Gasteiger partial charge in [-0.3, -0.25) is 0 Å². The van der Waals surface area contributed by atoms with Crippen molar-refractivity contribution in [1.29, 1.82) is 21.0 Å². The van der Waals surface area contributed by atoms with Gasteiger partial charge in [-0.2, -0.15) is 21.0 Å². The van der Waals surface area contributed by atoms with Crippen LogP contribution in [-0.4, -0.2) is 37.2 Å². The third kappa shape index (κ3) is 9.64. The zero-order valence-corrected chi connectivity index (χ0v) is 16.9. The Morgan fingerprint density at radius 2 is 1.16 bits per heavy atom. The minimum absolute atomic E-state index is 0. The van der Waals surface area contributed by atoms with Crippen molar-refractivity contribution in [2.24, 2.45) is 0 Å². The molecule has 0 saturated carbocycles. The van der Waals surface area contributed by atoms with E-state index >= 15 is 0 Å². The molecule has 9 heteroatoms. The average molecular weight is 423 g/mol. The van der Waals surface area contributed by atoms with Gasteiger partial charge in [-0.25, -0.2) is 0 Å². The van der Waals surface area contributed by atoms with Crippen molar-refractivity contribution in [1.82, 2.24) is 0 Å². The van der Waals surface area contributed by atoms with Gasteiger partial charge in [0.05, 0.1) is 24.3 Å². The van der Waals surface area contributed by atoms with Gasteiger partial charge in [0, 0.05) is 47.3 Å². The molecular formula is C16H22N4NiO2P2. The van der Waals surface area contributed by atoms with Crippen LogP contribution in [0.5, 0.6) is 0 Å². The van der Waals surface area contributed by atoms with E-state index in [9.17, 15) is 0 Å². The standard InChI is InChI=1S/C14H18N4P2.2CH2O.Ni/c15-7-1-5-14(6-2-8-16)13-19(11-3-9-17)20(14)12-4-10-18;2*1-2;/h1-6,11-13H2;2*1H2;. The van der Waals surface area contributed by atoms with Crippen molar-refractivity contribution in [3.05, 3.63) is 0 Å². The molecule has 0 aromatic rings. The maximum atomic E-state index is 8.85. The van der Waals surface area contributed by atoms with E-state index in [4.69, 9.17) is 30.6 Å². The molecule has 1 aliphatic rings. The number of carbonyl (C=O) groups excluding carboxylic acids is 2. The first-order valence-electron chi connectivity index (χ1n) is 7.32. The fourth-order valence-corrected chi connectivity index (χ4v) is 13.3. The molecule has 0 N–H and O–H groups in total. The van der Waals surface area contributed by atoms with Crippen LogP contribution >= 0.6 is 15.2 Å². The van der Waals surface area contributed by atoms with Crippen molar-refractivity contribution in [3.8, 4) is 24.3 Å². The van der Waals surface area contributed by atoms with E-state index in [0.717, 1.165) is 31.3 Å². The molecular weight excluding hydrogens is 401 g/mol. The summed E-state index contributed by atoms with van der Waals surface area (Å²) in [5.41, 5.74) is 0. The van der Waals surface area contributed by atoms with E-state index in [1.807, 2.05) is 13.6 Å².